The molecular formula is C19H24N2O2. The predicted molar refractivity (Wildman–Crippen MR) is 92.2 cm³/mol. The van der Waals surface area contributed by atoms with Crippen molar-refractivity contribution in [3.63, 3.8) is 0 Å². The molecule has 0 radical (unpaired) electrons. The molecule has 0 aliphatic heterocycles. The van der Waals surface area contributed by atoms with Crippen molar-refractivity contribution in [3.8, 4) is 11.5 Å². The number of methoxy groups -OCH3 is 1. The molecule has 1 saturated carbocycles. The lowest BCUT2D eigenvalue weighted by Crippen LogP contribution is -2.12. The van der Waals surface area contributed by atoms with Crippen molar-refractivity contribution in [1.82, 2.24) is 4.98 Å². The summed E-state index contributed by atoms with van der Waals surface area (Å²) in [7, 11) is 1.69. The molecule has 4 heteroatoms. The number of rotatable bonds is 6. The fourth-order valence-electron chi connectivity index (χ4n) is 2.94. The van der Waals surface area contributed by atoms with Crippen LogP contribution in [0.5, 0.6) is 11.5 Å². The fourth-order valence-corrected chi connectivity index (χ4v) is 2.94. The molecule has 122 valence electrons. The van der Waals surface area contributed by atoms with Gasteiger partial charge in [0.05, 0.1) is 13.2 Å². The summed E-state index contributed by atoms with van der Waals surface area (Å²) in [5.74, 6) is 2.53. The van der Waals surface area contributed by atoms with E-state index in [1.807, 2.05) is 31.2 Å². The van der Waals surface area contributed by atoms with E-state index in [9.17, 15) is 0 Å². The molecule has 2 aromatic rings. The van der Waals surface area contributed by atoms with Gasteiger partial charge >= 0.3 is 0 Å². The Balaban J connectivity index is 1.69. The molecule has 1 heterocycles. The van der Waals surface area contributed by atoms with Crippen LogP contribution in [0.15, 0.2) is 36.4 Å². The van der Waals surface area contributed by atoms with Crippen LogP contribution < -0.4 is 14.8 Å². The Labute approximate surface area is 137 Å². The van der Waals surface area contributed by atoms with Crippen molar-refractivity contribution >= 4 is 5.82 Å². The zero-order valence-electron chi connectivity index (χ0n) is 13.8. The number of nitrogens with one attached hydrogen (secondary N) is 1. The largest absolute Gasteiger partial charge is 0.493 e. The van der Waals surface area contributed by atoms with Crippen LogP contribution in [0.2, 0.25) is 0 Å². The van der Waals surface area contributed by atoms with E-state index >= 15 is 0 Å². The average Bonchev–Trinajstić information content (AvgIpc) is 3.06. The molecule has 0 saturated heterocycles. The Morgan fingerprint density at radius 1 is 1.13 bits per heavy atom. The van der Waals surface area contributed by atoms with E-state index in [1.54, 1.807) is 7.11 Å². The number of ether oxygens (including phenoxy) is 2. The highest BCUT2D eigenvalue weighted by Gasteiger charge is 2.18. The zero-order valence-corrected chi connectivity index (χ0v) is 13.8. The second-order valence-corrected chi connectivity index (χ2v) is 6.03. The van der Waals surface area contributed by atoms with Gasteiger partial charge in [-0.1, -0.05) is 12.1 Å². The first-order valence-corrected chi connectivity index (χ1v) is 8.26. The Hall–Kier alpha value is -2.23. The van der Waals surface area contributed by atoms with Crippen LogP contribution in [0.4, 0.5) is 5.82 Å². The van der Waals surface area contributed by atoms with Gasteiger partial charge in [-0.25, -0.2) is 4.98 Å². The van der Waals surface area contributed by atoms with Crippen LogP contribution in [0, 0.1) is 6.92 Å². The summed E-state index contributed by atoms with van der Waals surface area (Å²) < 4.78 is 11.6. The minimum atomic E-state index is 0.325. The number of aryl methyl sites for hydroxylation is 1. The monoisotopic (exact) mass is 312 g/mol. The van der Waals surface area contributed by atoms with E-state index in [0.29, 0.717) is 12.6 Å². The third-order valence-electron chi connectivity index (χ3n) is 4.19. The average molecular weight is 312 g/mol. The Morgan fingerprint density at radius 2 is 1.96 bits per heavy atom. The number of aromatic nitrogens is 1. The van der Waals surface area contributed by atoms with Crippen molar-refractivity contribution in [2.45, 2.75) is 45.3 Å². The van der Waals surface area contributed by atoms with Crippen molar-refractivity contribution < 1.29 is 9.47 Å². The predicted octanol–water partition coefficient (Wildman–Crippen LogP) is 4.33. The second kappa shape index (κ2) is 7.36. The molecule has 1 aliphatic carbocycles. The molecule has 23 heavy (non-hydrogen) atoms. The van der Waals surface area contributed by atoms with Gasteiger partial charge in [0, 0.05) is 12.2 Å². The molecule has 0 atom stereocenters. The van der Waals surface area contributed by atoms with Gasteiger partial charge in [0.1, 0.15) is 5.82 Å². The van der Waals surface area contributed by atoms with Crippen molar-refractivity contribution in [2.24, 2.45) is 0 Å². The third kappa shape index (κ3) is 4.15. The van der Waals surface area contributed by atoms with Crippen LogP contribution in [0.3, 0.4) is 0 Å². The third-order valence-corrected chi connectivity index (χ3v) is 4.19. The van der Waals surface area contributed by atoms with Crippen LogP contribution >= 0.6 is 0 Å². The van der Waals surface area contributed by atoms with Crippen LogP contribution in [-0.2, 0) is 6.54 Å². The quantitative estimate of drug-likeness (QED) is 0.862. The summed E-state index contributed by atoms with van der Waals surface area (Å²) in [6, 6.07) is 12.1. The van der Waals surface area contributed by atoms with Gasteiger partial charge < -0.3 is 14.8 Å². The van der Waals surface area contributed by atoms with Gasteiger partial charge in [0.2, 0.25) is 0 Å². The molecule has 0 amide bonds. The van der Waals surface area contributed by atoms with E-state index in [1.165, 1.54) is 12.8 Å². The molecule has 1 fully saturated rings. The van der Waals surface area contributed by atoms with E-state index < -0.39 is 0 Å². The molecular weight excluding hydrogens is 288 g/mol. The standard InChI is InChI=1S/C19H24N2O2/c1-14-6-5-9-19(21-14)20-13-15-10-11-17(22-2)18(12-15)23-16-7-3-4-8-16/h5-6,9-12,16H,3-4,7-8,13H2,1-2H3,(H,20,21). The first-order valence-electron chi connectivity index (χ1n) is 8.26. The van der Waals surface area contributed by atoms with Crippen molar-refractivity contribution in [1.29, 1.82) is 0 Å². The molecule has 1 aromatic heterocycles. The summed E-state index contributed by atoms with van der Waals surface area (Å²) in [5.41, 5.74) is 2.16. The second-order valence-electron chi connectivity index (χ2n) is 6.03. The fraction of sp³-hybridized carbons (Fsp3) is 0.421. The number of benzene rings is 1. The Kier molecular flexibility index (Phi) is 5.01. The maximum atomic E-state index is 6.14. The topological polar surface area (TPSA) is 43.4 Å². The van der Waals surface area contributed by atoms with E-state index in [-0.39, 0.29) is 0 Å². The van der Waals surface area contributed by atoms with Gasteiger partial charge in [-0.15, -0.1) is 0 Å². The molecule has 0 unspecified atom stereocenters. The highest BCUT2D eigenvalue weighted by molar-refractivity contribution is 5.44. The number of anilines is 1. The highest BCUT2D eigenvalue weighted by atomic mass is 16.5. The molecule has 4 nitrogen and oxygen atoms in total. The number of nitrogens with zero attached hydrogens (tertiary/aromatic N) is 1. The minimum Gasteiger partial charge on any atom is -0.493 e. The molecule has 1 N–H and O–H groups in total. The Bertz CT molecular complexity index is 652. The van der Waals surface area contributed by atoms with Crippen LogP contribution in [0.1, 0.15) is 36.9 Å². The summed E-state index contributed by atoms with van der Waals surface area (Å²) in [6.45, 7) is 2.70. The van der Waals surface area contributed by atoms with Gasteiger partial charge in [-0.05, 0) is 62.4 Å². The van der Waals surface area contributed by atoms with Crippen LogP contribution in [0.25, 0.3) is 0 Å². The number of hydrogen-bond donors (Lipinski definition) is 1. The van der Waals surface area contributed by atoms with E-state index in [2.05, 4.69) is 22.4 Å². The minimum absolute atomic E-state index is 0.325. The molecule has 0 spiro atoms. The molecule has 1 aromatic carbocycles. The van der Waals surface area contributed by atoms with Gasteiger partial charge in [0.15, 0.2) is 11.5 Å². The molecule has 0 bridgehead atoms. The maximum Gasteiger partial charge on any atom is 0.161 e. The first-order chi connectivity index (χ1) is 11.2. The van der Waals surface area contributed by atoms with Gasteiger partial charge in [0.25, 0.3) is 0 Å². The molecule has 1 aliphatic rings. The lowest BCUT2D eigenvalue weighted by molar-refractivity contribution is 0.200. The van der Waals surface area contributed by atoms with Crippen LogP contribution in [-0.4, -0.2) is 18.2 Å². The summed E-state index contributed by atoms with van der Waals surface area (Å²) >= 11 is 0. The van der Waals surface area contributed by atoms with Gasteiger partial charge in [-0.2, -0.15) is 0 Å². The normalized spacial score (nSPS) is 14.7. The number of hydrogen-bond acceptors (Lipinski definition) is 4. The maximum absolute atomic E-state index is 6.14. The zero-order chi connectivity index (χ0) is 16.1. The SMILES string of the molecule is COc1ccc(CNc2cccc(C)n2)cc1OC1CCCC1. The summed E-state index contributed by atoms with van der Waals surface area (Å²) in [5, 5.41) is 3.35. The summed E-state index contributed by atoms with van der Waals surface area (Å²) in [6.07, 6.45) is 5.11. The number of pyridine rings is 1. The lowest BCUT2D eigenvalue weighted by Gasteiger charge is -2.17. The summed E-state index contributed by atoms with van der Waals surface area (Å²) in [4.78, 5) is 4.46. The van der Waals surface area contributed by atoms with E-state index in [0.717, 1.165) is 41.4 Å². The smallest absolute Gasteiger partial charge is 0.161 e. The molecule has 3 rings (SSSR count). The van der Waals surface area contributed by atoms with Crippen molar-refractivity contribution in [2.75, 3.05) is 12.4 Å². The van der Waals surface area contributed by atoms with Gasteiger partial charge in [-0.3, -0.25) is 0 Å². The van der Waals surface area contributed by atoms with Crippen molar-refractivity contribution in [3.05, 3.63) is 47.7 Å². The Morgan fingerprint density at radius 3 is 2.70 bits per heavy atom. The highest BCUT2D eigenvalue weighted by Crippen LogP contribution is 2.32. The van der Waals surface area contributed by atoms with E-state index in [4.69, 9.17) is 9.47 Å². The first kappa shape index (κ1) is 15.7. The lowest BCUT2D eigenvalue weighted by atomic mass is 10.2.